The van der Waals surface area contributed by atoms with E-state index >= 15 is 0 Å². The van der Waals surface area contributed by atoms with Gasteiger partial charge in [-0.1, -0.05) is 0 Å². The van der Waals surface area contributed by atoms with Gasteiger partial charge in [0.2, 0.25) is 0 Å². The van der Waals surface area contributed by atoms with Gasteiger partial charge in [-0.15, -0.1) is 0 Å². The van der Waals surface area contributed by atoms with Gasteiger partial charge in [0, 0.05) is 11.3 Å². The number of hydrogen-bond donors (Lipinski definition) is 1. The van der Waals surface area contributed by atoms with E-state index in [-0.39, 0.29) is 17.5 Å². The second kappa shape index (κ2) is 5.71. The Balaban J connectivity index is 2.33. The van der Waals surface area contributed by atoms with Gasteiger partial charge >= 0.3 is 0 Å². The first kappa shape index (κ1) is 13.4. The molecule has 1 heterocycles. The molecule has 0 saturated heterocycles. The number of carbonyl (C=O) groups is 1. The molecule has 0 atom stereocenters. The van der Waals surface area contributed by atoms with E-state index in [0.29, 0.717) is 25.5 Å². The maximum absolute atomic E-state index is 13.4. The standard InChI is InChI=1S/C13H12F2N2O2/c14-11-3-8(4-12(15)10(11)6-18)13(16)5-9-7-19-2-1-17-9/h3-6H,1-2,7,16H2. The summed E-state index contributed by atoms with van der Waals surface area (Å²) in [7, 11) is 0. The van der Waals surface area contributed by atoms with Crippen molar-refractivity contribution >= 4 is 17.7 Å². The Labute approximate surface area is 108 Å². The number of nitrogens with zero attached hydrogens (tertiary/aromatic N) is 1. The Morgan fingerprint density at radius 3 is 2.58 bits per heavy atom. The highest BCUT2D eigenvalue weighted by Crippen LogP contribution is 2.17. The molecule has 0 bridgehead atoms. The van der Waals surface area contributed by atoms with E-state index < -0.39 is 17.2 Å². The lowest BCUT2D eigenvalue weighted by Gasteiger charge is -2.11. The number of hydrogen-bond acceptors (Lipinski definition) is 4. The Morgan fingerprint density at radius 2 is 2.05 bits per heavy atom. The number of aldehydes is 1. The molecule has 0 aromatic heterocycles. The van der Waals surface area contributed by atoms with E-state index in [4.69, 9.17) is 10.5 Å². The third kappa shape index (κ3) is 3.03. The summed E-state index contributed by atoms with van der Waals surface area (Å²) in [6.07, 6.45) is 1.64. The molecule has 1 aliphatic rings. The molecular formula is C13H12F2N2O2. The van der Waals surface area contributed by atoms with E-state index in [1.165, 1.54) is 6.08 Å². The van der Waals surface area contributed by atoms with E-state index in [1.807, 2.05) is 0 Å². The third-order valence-electron chi connectivity index (χ3n) is 2.65. The molecule has 0 unspecified atom stereocenters. The van der Waals surface area contributed by atoms with Crippen LogP contribution in [0, 0.1) is 11.6 Å². The summed E-state index contributed by atoms with van der Waals surface area (Å²) >= 11 is 0. The van der Waals surface area contributed by atoms with Gasteiger partial charge in [0.05, 0.1) is 31.0 Å². The smallest absolute Gasteiger partial charge is 0.155 e. The predicted molar refractivity (Wildman–Crippen MR) is 67.0 cm³/mol. The first-order valence-corrected chi connectivity index (χ1v) is 5.64. The first-order chi connectivity index (χ1) is 9.11. The van der Waals surface area contributed by atoms with Gasteiger partial charge in [-0.05, 0) is 18.2 Å². The van der Waals surface area contributed by atoms with E-state index in [0.717, 1.165) is 12.1 Å². The molecule has 100 valence electrons. The van der Waals surface area contributed by atoms with Crippen molar-refractivity contribution in [2.45, 2.75) is 0 Å². The molecule has 0 spiro atoms. The van der Waals surface area contributed by atoms with Crippen LogP contribution in [-0.4, -0.2) is 31.8 Å². The fourth-order valence-electron chi connectivity index (χ4n) is 1.69. The van der Waals surface area contributed by atoms with Gasteiger partial charge in [-0.25, -0.2) is 8.78 Å². The zero-order valence-electron chi connectivity index (χ0n) is 10.0. The highest BCUT2D eigenvalue weighted by Gasteiger charge is 2.12. The van der Waals surface area contributed by atoms with Crippen molar-refractivity contribution in [1.29, 1.82) is 0 Å². The molecule has 6 heteroatoms. The van der Waals surface area contributed by atoms with Crippen molar-refractivity contribution in [1.82, 2.24) is 0 Å². The van der Waals surface area contributed by atoms with Crippen LogP contribution in [0.25, 0.3) is 5.70 Å². The van der Waals surface area contributed by atoms with Crippen LogP contribution in [0.2, 0.25) is 0 Å². The van der Waals surface area contributed by atoms with E-state index in [2.05, 4.69) is 4.99 Å². The highest BCUT2D eigenvalue weighted by molar-refractivity contribution is 6.01. The highest BCUT2D eigenvalue weighted by atomic mass is 19.1. The van der Waals surface area contributed by atoms with Crippen LogP contribution in [-0.2, 0) is 4.74 Å². The fraction of sp³-hybridized carbons (Fsp3) is 0.231. The topological polar surface area (TPSA) is 64.7 Å². The van der Waals surface area contributed by atoms with E-state index in [9.17, 15) is 13.6 Å². The molecule has 0 radical (unpaired) electrons. The normalized spacial score (nSPS) is 16.1. The summed E-state index contributed by atoms with van der Waals surface area (Å²) in [6.45, 7) is 1.40. The minimum Gasteiger partial charge on any atom is -0.398 e. The van der Waals surface area contributed by atoms with Crippen molar-refractivity contribution in [3.8, 4) is 0 Å². The average molecular weight is 266 g/mol. The number of nitrogens with two attached hydrogens (primary N) is 1. The number of aliphatic imine (C=N–C) groups is 1. The third-order valence-corrected chi connectivity index (χ3v) is 2.65. The molecule has 1 aromatic carbocycles. The van der Waals surface area contributed by atoms with Gasteiger partial charge in [0.15, 0.2) is 6.29 Å². The lowest BCUT2D eigenvalue weighted by molar-refractivity contribution is 0.111. The largest absolute Gasteiger partial charge is 0.398 e. The first-order valence-electron chi connectivity index (χ1n) is 5.64. The van der Waals surface area contributed by atoms with Crippen LogP contribution >= 0.6 is 0 Å². The molecule has 1 aliphatic heterocycles. The van der Waals surface area contributed by atoms with Crippen LogP contribution in [0.1, 0.15) is 15.9 Å². The van der Waals surface area contributed by atoms with Gasteiger partial charge in [0.1, 0.15) is 11.6 Å². The van der Waals surface area contributed by atoms with Crippen molar-refractivity contribution < 1.29 is 18.3 Å². The number of rotatable bonds is 3. The molecule has 1 aromatic rings. The average Bonchev–Trinajstić information content (AvgIpc) is 2.39. The van der Waals surface area contributed by atoms with Crippen molar-refractivity contribution in [3.63, 3.8) is 0 Å². The minimum absolute atomic E-state index is 0.132. The summed E-state index contributed by atoms with van der Waals surface area (Å²) in [5.41, 5.74) is 6.10. The SMILES string of the molecule is NC(=CC1=NCCOC1)c1cc(F)c(C=O)c(F)c1. The van der Waals surface area contributed by atoms with Crippen molar-refractivity contribution in [2.24, 2.45) is 10.7 Å². The van der Waals surface area contributed by atoms with E-state index in [1.54, 1.807) is 0 Å². The molecule has 2 N–H and O–H groups in total. The van der Waals surface area contributed by atoms with Crippen LogP contribution in [0.4, 0.5) is 8.78 Å². The Bertz CT molecular complexity index is 545. The molecule has 0 amide bonds. The maximum atomic E-state index is 13.4. The van der Waals surface area contributed by atoms with Crippen LogP contribution < -0.4 is 5.73 Å². The van der Waals surface area contributed by atoms with Crippen LogP contribution in [0.3, 0.4) is 0 Å². The van der Waals surface area contributed by atoms with Crippen LogP contribution in [0.15, 0.2) is 23.2 Å². The Hall–Kier alpha value is -2.08. The van der Waals surface area contributed by atoms with Crippen LogP contribution in [0.5, 0.6) is 0 Å². The summed E-state index contributed by atoms with van der Waals surface area (Å²) < 4.78 is 32.1. The quantitative estimate of drug-likeness (QED) is 0.844. The van der Waals surface area contributed by atoms with Crippen molar-refractivity contribution in [3.05, 3.63) is 41.0 Å². The Kier molecular flexibility index (Phi) is 4.01. The van der Waals surface area contributed by atoms with Crippen molar-refractivity contribution in [2.75, 3.05) is 19.8 Å². The summed E-state index contributed by atoms with van der Waals surface area (Å²) in [5, 5.41) is 0. The monoisotopic (exact) mass is 266 g/mol. The number of carbonyl (C=O) groups excluding carboxylic acids is 1. The molecule has 0 saturated carbocycles. The number of halogens is 2. The molecule has 4 nitrogen and oxygen atoms in total. The molecular weight excluding hydrogens is 254 g/mol. The zero-order chi connectivity index (χ0) is 13.8. The van der Waals surface area contributed by atoms with Gasteiger partial charge in [-0.3, -0.25) is 9.79 Å². The zero-order valence-corrected chi connectivity index (χ0v) is 10.0. The molecule has 2 rings (SSSR count). The lowest BCUT2D eigenvalue weighted by atomic mass is 10.1. The molecule has 19 heavy (non-hydrogen) atoms. The van der Waals surface area contributed by atoms with Gasteiger partial charge in [-0.2, -0.15) is 0 Å². The van der Waals surface area contributed by atoms with Gasteiger partial charge < -0.3 is 10.5 Å². The van der Waals surface area contributed by atoms with Gasteiger partial charge in [0.25, 0.3) is 0 Å². The number of benzene rings is 1. The maximum Gasteiger partial charge on any atom is 0.155 e. The Morgan fingerprint density at radius 1 is 1.37 bits per heavy atom. The lowest BCUT2D eigenvalue weighted by Crippen LogP contribution is -2.17. The summed E-state index contributed by atoms with van der Waals surface area (Å²) in [4.78, 5) is 14.6. The number of ether oxygens (including phenoxy) is 1. The summed E-state index contributed by atoms with van der Waals surface area (Å²) in [5.74, 6) is -1.88. The molecule has 0 aliphatic carbocycles. The second-order valence-electron chi connectivity index (χ2n) is 4.00. The molecule has 0 fully saturated rings. The predicted octanol–water partition coefficient (Wildman–Crippen LogP) is 1.55. The second-order valence-corrected chi connectivity index (χ2v) is 4.00. The minimum atomic E-state index is -0.941. The summed E-state index contributed by atoms with van der Waals surface area (Å²) in [6, 6.07) is 2.03. The fourth-order valence-corrected chi connectivity index (χ4v) is 1.69.